The summed E-state index contributed by atoms with van der Waals surface area (Å²) in [5.74, 6) is 1.81. The van der Waals surface area contributed by atoms with E-state index in [1.54, 1.807) is 0 Å². The molecule has 1 aliphatic heterocycles. The maximum Gasteiger partial charge on any atom is 0.226 e. The molecule has 2 atom stereocenters. The Labute approximate surface area is 163 Å². The van der Waals surface area contributed by atoms with Gasteiger partial charge >= 0.3 is 0 Å². The van der Waals surface area contributed by atoms with Gasteiger partial charge in [0.05, 0.1) is 0 Å². The van der Waals surface area contributed by atoms with E-state index in [1.807, 2.05) is 25.1 Å². The minimum Gasteiger partial charge on any atom is -0.309 e. The molecule has 2 aromatic carbocycles. The van der Waals surface area contributed by atoms with Gasteiger partial charge in [-0.3, -0.25) is 4.79 Å². The predicted octanol–water partition coefficient (Wildman–Crippen LogP) is 4.70. The molecule has 0 radical (unpaired) electrons. The third-order valence-electron chi connectivity index (χ3n) is 6.17. The second-order valence-electron chi connectivity index (χ2n) is 8.00. The van der Waals surface area contributed by atoms with Crippen LogP contribution in [0.5, 0.6) is 0 Å². The highest BCUT2D eigenvalue weighted by molar-refractivity contribution is 5.93. The second kappa shape index (κ2) is 8.26. The van der Waals surface area contributed by atoms with Crippen LogP contribution in [0.2, 0.25) is 0 Å². The monoisotopic (exact) mass is 362 g/mol. The molecule has 2 aliphatic rings. The molecule has 1 amide bonds. The van der Waals surface area contributed by atoms with Gasteiger partial charge in [0.15, 0.2) is 0 Å². The van der Waals surface area contributed by atoms with Gasteiger partial charge in [-0.2, -0.15) is 0 Å². The van der Waals surface area contributed by atoms with Crippen LogP contribution in [0.25, 0.3) is 0 Å². The van der Waals surface area contributed by atoms with Crippen LogP contribution in [-0.4, -0.2) is 36.5 Å². The Hall–Kier alpha value is -2.13. The minimum atomic E-state index is 0.242. The van der Waals surface area contributed by atoms with Crippen molar-refractivity contribution >= 4 is 11.6 Å². The molecule has 3 nitrogen and oxygen atoms in total. The van der Waals surface area contributed by atoms with Crippen molar-refractivity contribution in [2.45, 2.75) is 44.6 Å². The number of carbonyl (C=O) groups is 1. The van der Waals surface area contributed by atoms with Crippen LogP contribution in [-0.2, 0) is 4.79 Å². The van der Waals surface area contributed by atoms with Crippen molar-refractivity contribution in [2.24, 2.45) is 5.92 Å². The molecule has 2 aromatic rings. The zero-order valence-corrected chi connectivity index (χ0v) is 16.3. The Morgan fingerprint density at radius 2 is 1.63 bits per heavy atom. The highest BCUT2D eigenvalue weighted by Gasteiger charge is 2.40. The Kier molecular flexibility index (Phi) is 5.58. The second-order valence-corrected chi connectivity index (χ2v) is 8.00. The zero-order valence-electron chi connectivity index (χ0n) is 16.3. The number of piperidine rings is 1. The summed E-state index contributed by atoms with van der Waals surface area (Å²) < 4.78 is 0. The normalized spacial score (nSPS) is 23.1. The molecule has 1 aliphatic carbocycles. The number of likely N-dealkylation sites (tertiary alicyclic amines) is 1. The van der Waals surface area contributed by atoms with Crippen molar-refractivity contribution in [1.82, 2.24) is 4.90 Å². The number of anilines is 1. The molecule has 1 saturated heterocycles. The summed E-state index contributed by atoms with van der Waals surface area (Å²) in [4.78, 5) is 17.3. The van der Waals surface area contributed by atoms with E-state index in [2.05, 4.69) is 52.3 Å². The first kappa shape index (κ1) is 18.2. The quantitative estimate of drug-likeness (QED) is 0.744. The Bertz CT molecular complexity index is 737. The average molecular weight is 363 g/mol. The summed E-state index contributed by atoms with van der Waals surface area (Å²) >= 11 is 0. The predicted molar refractivity (Wildman–Crippen MR) is 111 cm³/mol. The van der Waals surface area contributed by atoms with E-state index in [9.17, 15) is 4.79 Å². The van der Waals surface area contributed by atoms with Crippen LogP contribution >= 0.6 is 0 Å². The Morgan fingerprint density at radius 1 is 1.00 bits per heavy atom. The summed E-state index contributed by atoms with van der Waals surface area (Å²) in [6.07, 6.45) is 4.04. The molecule has 0 aromatic heterocycles. The van der Waals surface area contributed by atoms with Gasteiger partial charge in [-0.25, -0.2) is 0 Å². The Morgan fingerprint density at radius 3 is 2.26 bits per heavy atom. The summed E-state index contributed by atoms with van der Waals surface area (Å²) in [6.45, 7) is 5.37. The summed E-state index contributed by atoms with van der Waals surface area (Å²) in [7, 11) is 0. The molecule has 3 heteroatoms. The Balaban J connectivity index is 1.32. The van der Waals surface area contributed by atoms with Gasteiger partial charge in [-0.1, -0.05) is 55.5 Å². The van der Waals surface area contributed by atoms with E-state index < -0.39 is 0 Å². The smallest absolute Gasteiger partial charge is 0.226 e. The lowest BCUT2D eigenvalue weighted by Gasteiger charge is -2.38. The summed E-state index contributed by atoms with van der Waals surface area (Å²) in [6, 6.07) is 21.5. The van der Waals surface area contributed by atoms with Crippen molar-refractivity contribution in [2.75, 3.05) is 24.5 Å². The fourth-order valence-electron chi connectivity index (χ4n) is 4.57. The molecule has 0 bridgehead atoms. The van der Waals surface area contributed by atoms with Crippen molar-refractivity contribution in [3.63, 3.8) is 0 Å². The van der Waals surface area contributed by atoms with E-state index >= 15 is 0 Å². The van der Waals surface area contributed by atoms with Crippen LogP contribution in [0.4, 0.5) is 5.69 Å². The van der Waals surface area contributed by atoms with Crippen LogP contribution in [0.15, 0.2) is 60.7 Å². The van der Waals surface area contributed by atoms with Crippen molar-refractivity contribution in [3.8, 4) is 0 Å². The summed E-state index contributed by atoms with van der Waals surface area (Å²) in [5, 5.41) is 0. The zero-order chi connectivity index (χ0) is 18.6. The van der Waals surface area contributed by atoms with Gasteiger partial charge in [-0.05, 0) is 48.8 Å². The maximum absolute atomic E-state index is 12.6. The van der Waals surface area contributed by atoms with Crippen LogP contribution in [0.1, 0.15) is 44.1 Å². The van der Waals surface area contributed by atoms with Gasteiger partial charge < -0.3 is 9.80 Å². The number of amides is 1. The van der Waals surface area contributed by atoms with Gasteiger partial charge in [-0.15, -0.1) is 0 Å². The van der Waals surface area contributed by atoms with Crippen LogP contribution in [0.3, 0.4) is 0 Å². The van der Waals surface area contributed by atoms with Crippen molar-refractivity contribution < 1.29 is 4.79 Å². The van der Waals surface area contributed by atoms with Crippen LogP contribution in [0, 0.1) is 5.92 Å². The number of benzene rings is 2. The fourth-order valence-corrected chi connectivity index (χ4v) is 4.57. The van der Waals surface area contributed by atoms with E-state index in [0.29, 0.717) is 12.5 Å². The lowest BCUT2D eigenvalue weighted by Crippen LogP contribution is -2.48. The molecule has 27 heavy (non-hydrogen) atoms. The van der Waals surface area contributed by atoms with E-state index in [1.165, 1.54) is 18.5 Å². The molecule has 0 unspecified atom stereocenters. The lowest BCUT2D eigenvalue weighted by molar-refractivity contribution is -0.119. The SMILES string of the molecule is CCC(=O)N(c1ccccc1)C1CCN(C[C@@H]2C[C@H]2c2ccccc2)CC1. The topological polar surface area (TPSA) is 23.6 Å². The molecule has 142 valence electrons. The van der Waals surface area contributed by atoms with Crippen molar-refractivity contribution in [3.05, 3.63) is 66.2 Å². The third-order valence-corrected chi connectivity index (χ3v) is 6.17. The largest absolute Gasteiger partial charge is 0.309 e. The van der Waals surface area contributed by atoms with Gasteiger partial charge in [0, 0.05) is 37.8 Å². The number of para-hydroxylation sites is 1. The molecule has 0 N–H and O–H groups in total. The van der Waals surface area contributed by atoms with E-state index in [0.717, 1.165) is 43.5 Å². The van der Waals surface area contributed by atoms with Crippen LogP contribution < -0.4 is 4.90 Å². The molecule has 2 fully saturated rings. The fraction of sp³-hybridized carbons (Fsp3) is 0.458. The molecule has 4 rings (SSSR count). The number of hydrogen-bond donors (Lipinski definition) is 0. The van der Waals surface area contributed by atoms with Gasteiger partial charge in [0.1, 0.15) is 0 Å². The van der Waals surface area contributed by atoms with Crippen molar-refractivity contribution in [1.29, 1.82) is 0 Å². The molecular formula is C24H30N2O. The first-order valence-electron chi connectivity index (χ1n) is 10.4. The first-order chi connectivity index (χ1) is 13.3. The maximum atomic E-state index is 12.6. The molecular weight excluding hydrogens is 332 g/mol. The van der Waals surface area contributed by atoms with E-state index in [4.69, 9.17) is 0 Å². The number of carbonyl (C=O) groups excluding carboxylic acids is 1. The molecule has 0 spiro atoms. The number of nitrogens with zero attached hydrogens (tertiary/aromatic N) is 2. The van der Waals surface area contributed by atoms with Gasteiger partial charge in [0.2, 0.25) is 5.91 Å². The molecule has 1 heterocycles. The van der Waals surface area contributed by atoms with E-state index in [-0.39, 0.29) is 5.91 Å². The molecule has 1 saturated carbocycles. The summed E-state index contributed by atoms with van der Waals surface area (Å²) in [5.41, 5.74) is 2.55. The minimum absolute atomic E-state index is 0.242. The highest BCUT2D eigenvalue weighted by Crippen LogP contribution is 2.47. The lowest BCUT2D eigenvalue weighted by atomic mass is 10.0. The number of rotatable bonds is 6. The average Bonchev–Trinajstić information content (AvgIpc) is 3.50. The number of hydrogen-bond acceptors (Lipinski definition) is 2. The third kappa shape index (κ3) is 4.24. The standard InChI is InChI=1S/C24H30N2O/c1-2-24(27)26(21-11-7-4-8-12-21)22-13-15-25(16-14-22)18-20-17-23(20)19-9-5-3-6-10-19/h3-12,20,22-23H,2,13-18H2,1H3/t20-,23-/m0/s1. The first-order valence-corrected chi connectivity index (χ1v) is 10.4. The van der Waals surface area contributed by atoms with Gasteiger partial charge in [0.25, 0.3) is 0 Å². The highest BCUT2D eigenvalue weighted by atomic mass is 16.2.